The van der Waals surface area contributed by atoms with Crippen molar-refractivity contribution in [3.63, 3.8) is 0 Å². The third kappa shape index (κ3) is 3.23. The zero-order chi connectivity index (χ0) is 13.8. The van der Waals surface area contributed by atoms with E-state index in [0.717, 1.165) is 30.5 Å². The lowest BCUT2D eigenvalue weighted by Gasteiger charge is -2.28. The van der Waals surface area contributed by atoms with Crippen LogP contribution in [0.5, 0.6) is 0 Å². The van der Waals surface area contributed by atoms with Crippen LogP contribution in [0.2, 0.25) is 0 Å². The molecule has 0 radical (unpaired) electrons. The van der Waals surface area contributed by atoms with Crippen LogP contribution in [0.15, 0.2) is 16.9 Å². The predicted molar refractivity (Wildman–Crippen MR) is 72.0 cm³/mol. The average Bonchev–Trinajstić information content (AvgIpc) is 2.38. The van der Waals surface area contributed by atoms with Crippen LogP contribution in [-0.2, 0) is 16.0 Å². The zero-order valence-corrected chi connectivity index (χ0v) is 11.4. The van der Waals surface area contributed by atoms with Gasteiger partial charge < -0.3 is 9.72 Å². The summed E-state index contributed by atoms with van der Waals surface area (Å²) in [6.45, 7) is 3.99. The number of hydrogen-bond donors (Lipinski definition) is 2. The standard InChI is InChI=1S/C14H20N2O3/c1-3-19-14(18)9(2)15-11-5-4-6-12-10(11)7-8-13(17)16-12/h7-9,11,15H,3-6H2,1-2H3,(H,16,17). The van der Waals surface area contributed by atoms with Gasteiger partial charge in [0.2, 0.25) is 5.56 Å². The lowest BCUT2D eigenvalue weighted by atomic mass is 9.91. The van der Waals surface area contributed by atoms with Gasteiger partial charge in [0.15, 0.2) is 0 Å². The first-order chi connectivity index (χ1) is 9.11. The summed E-state index contributed by atoms with van der Waals surface area (Å²) in [6, 6.07) is 3.14. The van der Waals surface area contributed by atoms with Gasteiger partial charge in [-0.2, -0.15) is 0 Å². The van der Waals surface area contributed by atoms with Gasteiger partial charge in [-0.15, -0.1) is 0 Å². The molecule has 2 atom stereocenters. The van der Waals surface area contributed by atoms with E-state index < -0.39 is 0 Å². The maximum absolute atomic E-state index is 11.6. The van der Waals surface area contributed by atoms with Gasteiger partial charge >= 0.3 is 5.97 Å². The molecule has 5 heteroatoms. The van der Waals surface area contributed by atoms with E-state index in [1.54, 1.807) is 13.8 Å². The number of ether oxygens (including phenoxy) is 1. The van der Waals surface area contributed by atoms with E-state index in [9.17, 15) is 9.59 Å². The molecule has 1 aromatic rings. The Hall–Kier alpha value is -1.62. The monoisotopic (exact) mass is 264 g/mol. The van der Waals surface area contributed by atoms with E-state index in [1.165, 1.54) is 6.07 Å². The zero-order valence-electron chi connectivity index (χ0n) is 11.4. The molecule has 2 unspecified atom stereocenters. The molecule has 0 aliphatic heterocycles. The number of pyridine rings is 1. The highest BCUT2D eigenvalue weighted by Gasteiger charge is 2.24. The van der Waals surface area contributed by atoms with E-state index in [2.05, 4.69) is 10.3 Å². The highest BCUT2D eigenvalue weighted by atomic mass is 16.5. The Bertz CT molecular complexity index is 510. The normalized spacial score (nSPS) is 19.6. The van der Waals surface area contributed by atoms with Crippen molar-refractivity contribution in [2.24, 2.45) is 0 Å². The Balaban J connectivity index is 2.11. The molecule has 0 saturated carbocycles. The van der Waals surface area contributed by atoms with Crippen LogP contribution in [0.3, 0.4) is 0 Å². The van der Waals surface area contributed by atoms with Crippen molar-refractivity contribution in [2.75, 3.05) is 6.61 Å². The van der Waals surface area contributed by atoms with Crippen LogP contribution in [0.4, 0.5) is 0 Å². The molecule has 19 heavy (non-hydrogen) atoms. The summed E-state index contributed by atoms with van der Waals surface area (Å²) in [5.74, 6) is -0.237. The maximum Gasteiger partial charge on any atom is 0.322 e. The highest BCUT2D eigenvalue weighted by Crippen LogP contribution is 2.27. The summed E-state index contributed by atoms with van der Waals surface area (Å²) in [5.41, 5.74) is 1.99. The van der Waals surface area contributed by atoms with Crippen molar-refractivity contribution in [2.45, 2.75) is 45.2 Å². The van der Waals surface area contributed by atoms with Gasteiger partial charge in [0.05, 0.1) is 6.61 Å². The predicted octanol–water partition coefficient (Wildman–Crippen LogP) is 1.29. The summed E-state index contributed by atoms with van der Waals surface area (Å²) in [5, 5.41) is 3.28. The van der Waals surface area contributed by atoms with Crippen molar-refractivity contribution in [1.82, 2.24) is 10.3 Å². The van der Waals surface area contributed by atoms with Gasteiger partial charge in [0, 0.05) is 17.8 Å². The van der Waals surface area contributed by atoms with Crippen LogP contribution in [0, 0.1) is 0 Å². The molecule has 5 nitrogen and oxygen atoms in total. The molecule has 1 aromatic heterocycles. The number of fused-ring (bicyclic) bond motifs is 1. The van der Waals surface area contributed by atoms with E-state index in [0.29, 0.717) is 6.61 Å². The number of esters is 1. The van der Waals surface area contributed by atoms with Crippen molar-refractivity contribution < 1.29 is 9.53 Å². The molecule has 2 rings (SSSR count). The topological polar surface area (TPSA) is 71.2 Å². The SMILES string of the molecule is CCOC(=O)C(C)NC1CCCc2[nH]c(=O)ccc21. The minimum Gasteiger partial charge on any atom is -0.465 e. The molecular formula is C14H20N2O3. The van der Waals surface area contributed by atoms with Gasteiger partial charge in [0.25, 0.3) is 0 Å². The van der Waals surface area contributed by atoms with Crippen LogP contribution < -0.4 is 10.9 Å². The summed E-state index contributed by atoms with van der Waals surface area (Å²) in [4.78, 5) is 25.8. The second-order valence-electron chi connectivity index (χ2n) is 4.84. The molecule has 1 heterocycles. The first-order valence-corrected chi connectivity index (χ1v) is 6.76. The van der Waals surface area contributed by atoms with E-state index in [-0.39, 0.29) is 23.6 Å². The van der Waals surface area contributed by atoms with E-state index >= 15 is 0 Å². The lowest BCUT2D eigenvalue weighted by Crippen LogP contribution is -2.39. The number of aromatic amines is 1. The number of carbonyl (C=O) groups is 1. The summed E-state index contributed by atoms with van der Waals surface area (Å²) in [7, 11) is 0. The van der Waals surface area contributed by atoms with Gasteiger partial charge in [-0.05, 0) is 38.7 Å². The number of nitrogens with one attached hydrogen (secondary N) is 2. The molecule has 1 aliphatic rings. The molecule has 1 aliphatic carbocycles. The summed E-state index contributed by atoms with van der Waals surface area (Å²) >= 11 is 0. The van der Waals surface area contributed by atoms with Crippen LogP contribution in [0.1, 0.15) is 44.0 Å². The first-order valence-electron chi connectivity index (χ1n) is 6.76. The van der Waals surface area contributed by atoms with E-state index in [1.807, 2.05) is 6.07 Å². The molecular weight excluding hydrogens is 244 g/mol. The summed E-state index contributed by atoms with van der Waals surface area (Å²) < 4.78 is 4.99. The first kappa shape index (κ1) is 13.8. The smallest absolute Gasteiger partial charge is 0.322 e. The molecule has 0 spiro atoms. The van der Waals surface area contributed by atoms with Crippen molar-refractivity contribution in [3.8, 4) is 0 Å². The quantitative estimate of drug-likeness (QED) is 0.804. The Morgan fingerprint density at radius 3 is 3.11 bits per heavy atom. The van der Waals surface area contributed by atoms with Crippen LogP contribution >= 0.6 is 0 Å². The molecule has 2 N–H and O–H groups in total. The number of hydrogen-bond acceptors (Lipinski definition) is 4. The molecule has 0 saturated heterocycles. The second kappa shape index (κ2) is 6.02. The van der Waals surface area contributed by atoms with Crippen LogP contribution in [0.25, 0.3) is 0 Å². The van der Waals surface area contributed by atoms with E-state index in [4.69, 9.17) is 4.74 Å². The van der Waals surface area contributed by atoms with Gasteiger partial charge in [-0.1, -0.05) is 6.07 Å². The number of aryl methyl sites for hydroxylation is 1. The third-order valence-corrected chi connectivity index (χ3v) is 3.42. The number of rotatable bonds is 4. The number of H-pyrrole nitrogens is 1. The van der Waals surface area contributed by atoms with Crippen molar-refractivity contribution >= 4 is 5.97 Å². The average molecular weight is 264 g/mol. The lowest BCUT2D eigenvalue weighted by molar-refractivity contribution is -0.145. The number of aromatic nitrogens is 1. The second-order valence-corrected chi connectivity index (χ2v) is 4.84. The minimum atomic E-state index is -0.345. The maximum atomic E-state index is 11.6. The minimum absolute atomic E-state index is 0.0714. The molecule has 0 aromatic carbocycles. The highest BCUT2D eigenvalue weighted by molar-refractivity contribution is 5.75. The fraction of sp³-hybridized carbons (Fsp3) is 0.571. The van der Waals surface area contributed by atoms with Crippen LogP contribution in [-0.4, -0.2) is 23.6 Å². The molecule has 104 valence electrons. The molecule has 0 fully saturated rings. The molecule has 0 amide bonds. The summed E-state index contributed by atoms with van der Waals surface area (Å²) in [6.07, 6.45) is 2.85. The Labute approximate surface area is 112 Å². The number of carbonyl (C=O) groups excluding carboxylic acids is 1. The van der Waals surface area contributed by atoms with Gasteiger partial charge in [-0.3, -0.25) is 14.9 Å². The fourth-order valence-corrected chi connectivity index (χ4v) is 2.51. The van der Waals surface area contributed by atoms with Gasteiger partial charge in [-0.25, -0.2) is 0 Å². The van der Waals surface area contributed by atoms with Crippen molar-refractivity contribution in [1.29, 1.82) is 0 Å². The van der Waals surface area contributed by atoms with Gasteiger partial charge in [0.1, 0.15) is 6.04 Å². The third-order valence-electron chi connectivity index (χ3n) is 3.42. The fourth-order valence-electron chi connectivity index (χ4n) is 2.51. The Morgan fingerprint density at radius 2 is 2.37 bits per heavy atom. The largest absolute Gasteiger partial charge is 0.465 e. The van der Waals surface area contributed by atoms with Crippen molar-refractivity contribution in [3.05, 3.63) is 33.7 Å². The Morgan fingerprint density at radius 1 is 1.58 bits per heavy atom. The Kier molecular flexibility index (Phi) is 4.37. The molecule has 0 bridgehead atoms.